The number of aryl methyl sites for hydroxylation is 1. The van der Waals surface area contributed by atoms with Gasteiger partial charge in [0.1, 0.15) is 11.6 Å². The Bertz CT molecular complexity index is 981. The van der Waals surface area contributed by atoms with E-state index < -0.39 is 5.82 Å². The van der Waals surface area contributed by atoms with Gasteiger partial charge in [0.05, 0.1) is 5.52 Å². The van der Waals surface area contributed by atoms with Crippen molar-refractivity contribution < 1.29 is 13.6 Å². The highest BCUT2D eigenvalue weighted by molar-refractivity contribution is 5.79. The Labute approximate surface area is 148 Å². The molecule has 0 fully saturated rings. The van der Waals surface area contributed by atoms with Crippen LogP contribution in [0.3, 0.4) is 0 Å². The SMILES string of the molecule is O=C(CCc1cc2ccc(F)cc2[nH]c1=O)NCCc1ccc(F)cc1. The zero-order valence-electron chi connectivity index (χ0n) is 14.0. The molecule has 3 rings (SSSR count). The third kappa shape index (κ3) is 4.53. The zero-order valence-corrected chi connectivity index (χ0v) is 14.0. The van der Waals surface area contributed by atoms with Crippen LogP contribution in [-0.4, -0.2) is 17.4 Å². The van der Waals surface area contributed by atoms with E-state index in [0.29, 0.717) is 30.5 Å². The van der Waals surface area contributed by atoms with Crippen molar-refractivity contribution >= 4 is 16.8 Å². The normalized spacial score (nSPS) is 10.8. The molecule has 2 N–H and O–H groups in total. The highest BCUT2D eigenvalue weighted by Crippen LogP contribution is 2.13. The van der Waals surface area contributed by atoms with Gasteiger partial charge in [0.15, 0.2) is 0 Å². The van der Waals surface area contributed by atoms with E-state index in [9.17, 15) is 18.4 Å². The number of carbonyl (C=O) groups excluding carboxylic acids is 1. The summed E-state index contributed by atoms with van der Waals surface area (Å²) in [5.74, 6) is -0.867. The van der Waals surface area contributed by atoms with E-state index in [0.717, 1.165) is 10.9 Å². The van der Waals surface area contributed by atoms with E-state index in [4.69, 9.17) is 0 Å². The molecule has 0 radical (unpaired) electrons. The molecule has 0 atom stereocenters. The van der Waals surface area contributed by atoms with Crippen LogP contribution in [0.15, 0.2) is 53.3 Å². The van der Waals surface area contributed by atoms with Crippen molar-refractivity contribution in [2.75, 3.05) is 6.54 Å². The number of rotatable bonds is 6. The van der Waals surface area contributed by atoms with Crippen LogP contribution in [0.25, 0.3) is 10.9 Å². The second-order valence-corrected chi connectivity index (χ2v) is 6.08. The first-order valence-electron chi connectivity index (χ1n) is 8.34. The van der Waals surface area contributed by atoms with E-state index in [1.807, 2.05) is 0 Å². The molecule has 0 unspecified atom stereocenters. The van der Waals surface area contributed by atoms with E-state index in [-0.39, 0.29) is 23.7 Å². The quantitative estimate of drug-likeness (QED) is 0.713. The molecule has 6 heteroatoms. The summed E-state index contributed by atoms with van der Waals surface area (Å²) in [5.41, 5.74) is 1.53. The number of hydrogen-bond acceptors (Lipinski definition) is 2. The fourth-order valence-electron chi connectivity index (χ4n) is 2.74. The highest BCUT2D eigenvalue weighted by Gasteiger charge is 2.07. The molecule has 3 aromatic rings. The summed E-state index contributed by atoms with van der Waals surface area (Å²) in [6, 6.07) is 12.0. The maximum atomic E-state index is 13.2. The maximum absolute atomic E-state index is 13.2. The van der Waals surface area contributed by atoms with Gasteiger partial charge in [-0.15, -0.1) is 0 Å². The number of carbonyl (C=O) groups is 1. The summed E-state index contributed by atoms with van der Waals surface area (Å²) < 4.78 is 26.0. The number of aromatic nitrogens is 1. The summed E-state index contributed by atoms with van der Waals surface area (Å²) in [6.07, 6.45) is 1.08. The minimum Gasteiger partial charge on any atom is -0.356 e. The van der Waals surface area contributed by atoms with Crippen LogP contribution in [0, 0.1) is 11.6 Å². The smallest absolute Gasteiger partial charge is 0.251 e. The third-order valence-electron chi connectivity index (χ3n) is 4.16. The lowest BCUT2D eigenvalue weighted by Crippen LogP contribution is -2.26. The van der Waals surface area contributed by atoms with Crippen molar-refractivity contribution in [2.45, 2.75) is 19.3 Å². The molecule has 1 amide bonds. The lowest BCUT2D eigenvalue weighted by molar-refractivity contribution is -0.121. The molecule has 4 nitrogen and oxygen atoms in total. The Morgan fingerprint density at radius 1 is 0.962 bits per heavy atom. The molecule has 0 aliphatic rings. The van der Waals surface area contributed by atoms with Gasteiger partial charge in [0.2, 0.25) is 5.91 Å². The van der Waals surface area contributed by atoms with E-state index in [1.165, 1.54) is 24.3 Å². The third-order valence-corrected chi connectivity index (χ3v) is 4.16. The van der Waals surface area contributed by atoms with Crippen LogP contribution >= 0.6 is 0 Å². The zero-order chi connectivity index (χ0) is 18.5. The Kier molecular flexibility index (Phi) is 5.41. The van der Waals surface area contributed by atoms with E-state index >= 15 is 0 Å². The topological polar surface area (TPSA) is 62.0 Å². The molecule has 26 heavy (non-hydrogen) atoms. The lowest BCUT2D eigenvalue weighted by atomic mass is 10.1. The van der Waals surface area contributed by atoms with Crippen LogP contribution in [0.2, 0.25) is 0 Å². The first-order valence-corrected chi connectivity index (χ1v) is 8.34. The largest absolute Gasteiger partial charge is 0.356 e. The van der Waals surface area contributed by atoms with Crippen molar-refractivity contribution in [1.29, 1.82) is 0 Å². The molecule has 0 bridgehead atoms. The minimum absolute atomic E-state index is 0.161. The molecule has 134 valence electrons. The van der Waals surface area contributed by atoms with Crippen LogP contribution in [-0.2, 0) is 17.6 Å². The van der Waals surface area contributed by atoms with Gasteiger partial charge in [-0.3, -0.25) is 9.59 Å². The van der Waals surface area contributed by atoms with Gasteiger partial charge >= 0.3 is 0 Å². The van der Waals surface area contributed by atoms with Gasteiger partial charge in [-0.25, -0.2) is 8.78 Å². The summed E-state index contributed by atoms with van der Waals surface area (Å²) in [6.45, 7) is 0.442. The number of fused-ring (bicyclic) bond motifs is 1. The van der Waals surface area contributed by atoms with Crippen molar-refractivity contribution in [3.8, 4) is 0 Å². The number of hydrogen-bond donors (Lipinski definition) is 2. The predicted molar refractivity (Wildman–Crippen MR) is 96.0 cm³/mol. The van der Waals surface area contributed by atoms with E-state index in [2.05, 4.69) is 10.3 Å². The highest BCUT2D eigenvalue weighted by atomic mass is 19.1. The summed E-state index contributed by atoms with van der Waals surface area (Å²) in [4.78, 5) is 26.6. The molecule has 0 saturated carbocycles. The number of benzene rings is 2. The van der Waals surface area contributed by atoms with Gasteiger partial charge in [0, 0.05) is 18.5 Å². The molecule has 0 saturated heterocycles. The summed E-state index contributed by atoms with van der Waals surface area (Å²) >= 11 is 0. The Morgan fingerprint density at radius 2 is 1.69 bits per heavy atom. The van der Waals surface area contributed by atoms with Gasteiger partial charge in [-0.05, 0) is 60.2 Å². The van der Waals surface area contributed by atoms with Gasteiger partial charge in [-0.1, -0.05) is 12.1 Å². The van der Waals surface area contributed by atoms with Crippen molar-refractivity contribution in [2.24, 2.45) is 0 Å². The first-order chi connectivity index (χ1) is 12.5. The van der Waals surface area contributed by atoms with Gasteiger partial charge in [-0.2, -0.15) is 0 Å². The number of halogens is 2. The number of H-pyrrole nitrogens is 1. The molecule has 0 aliphatic carbocycles. The predicted octanol–water partition coefficient (Wildman–Crippen LogP) is 3.10. The Morgan fingerprint density at radius 3 is 2.46 bits per heavy atom. The lowest BCUT2D eigenvalue weighted by Gasteiger charge is -2.06. The number of amides is 1. The second kappa shape index (κ2) is 7.91. The van der Waals surface area contributed by atoms with Crippen molar-refractivity contribution in [3.05, 3.63) is 81.6 Å². The average Bonchev–Trinajstić information content (AvgIpc) is 2.61. The fourth-order valence-corrected chi connectivity index (χ4v) is 2.74. The van der Waals surface area contributed by atoms with Crippen molar-refractivity contribution in [3.63, 3.8) is 0 Å². The fraction of sp³-hybridized carbons (Fsp3) is 0.200. The summed E-state index contributed by atoms with van der Waals surface area (Å²) in [7, 11) is 0. The van der Waals surface area contributed by atoms with Crippen LogP contribution in [0.5, 0.6) is 0 Å². The number of nitrogens with one attached hydrogen (secondary N) is 2. The van der Waals surface area contributed by atoms with Crippen LogP contribution < -0.4 is 10.9 Å². The average molecular weight is 356 g/mol. The Balaban J connectivity index is 1.53. The second-order valence-electron chi connectivity index (χ2n) is 6.08. The molecule has 0 aliphatic heterocycles. The van der Waals surface area contributed by atoms with Crippen LogP contribution in [0.4, 0.5) is 8.78 Å². The molecule has 0 spiro atoms. The van der Waals surface area contributed by atoms with Crippen molar-refractivity contribution in [1.82, 2.24) is 10.3 Å². The number of aromatic amines is 1. The molecule has 1 heterocycles. The summed E-state index contributed by atoms with van der Waals surface area (Å²) in [5, 5.41) is 3.51. The molecular formula is C20H18F2N2O2. The molecule has 2 aromatic carbocycles. The van der Waals surface area contributed by atoms with Crippen LogP contribution in [0.1, 0.15) is 17.5 Å². The monoisotopic (exact) mass is 356 g/mol. The number of pyridine rings is 1. The minimum atomic E-state index is -0.415. The van der Waals surface area contributed by atoms with Gasteiger partial charge in [0.25, 0.3) is 5.56 Å². The molecule has 1 aromatic heterocycles. The van der Waals surface area contributed by atoms with Gasteiger partial charge < -0.3 is 10.3 Å². The standard InChI is InChI=1S/C20H18F2N2O2/c21-16-5-1-13(2-6-16)9-10-23-19(25)8-4-15-11-14-3-7-17(22)12-18(14)24-20(15)26/h1-3,5-7,11-12H,4,8-10H2,(H,23,25)(H,24,26). The maximum Gasteiger partial charge on any atom is 0.251 e. The molecular weight excluding hydrogens is 338 g/mol. The Hall–Kier alpha value is -3.02. The first kappa shape index (κ1) is 17.8. The van der Waals surface area contributed by atoms with E-state index in [1.54, 1.807) is 24.3 Å².